The molecule has 28 heavy (non-hydrogen) atoms. The highest BCUT2D eigenvalue weighted by Gasteiger charge is 2.11. The lowest BCUT2D eigenvalue weighted by Gasteiger charge is -2.08. The van der Waals surface area contributed by atoms with Gasteiger partial charge in [0, 0.05) is 22.2 Å². The minimum atomic E-state index is 0.230. The van der Waals surface area contributed by atoms with E-state index in [9.17, 15) is 0 Å². The van der Waals surface area contributed by atoms with Gasteiger partial charge in [0.05, 0.1) is 11.2 Å². The molecule has 0 fully saturated rings. The predicted molar refractivity (Wildman–Crippen MR) is 107 cm³/mol. The summed E-state index contributed by atoms with van der Waals surface area (Å²) in [6, 6.07) is 21.2. The second-order valence-electron chi connectivity index (χ2n) is 6.23. The van der Waals surface area contributed by atoms with Crippen molar-refractivity contribution in [3.8, 4) is 17.0 Å². The third kappa shape index (κ3) is 3.04. The number of benzene rings is 2. The number of hydrogen-bond acceptors (Lipinski definition) is 5. The van der Waals surface area contributed by atoms with E-state index in [0.717, 1.165) is 22.2 Å². The van der Waals surface area contributed by atoms with Crippen LogP contribution in [0, 0.1) is 0 Å². The second-order valence-corrected chi connectivity index (χ2v) is 6.67. The summed E-state index contributed by atoms with van der Waals surface area (Å²) in [6.45, 7) is 0.230. The second kappa shape index (κ2) is 6.90. The number of nitrogens with zero attached hydrogens (tertiary/aromatic N) is 5. The zero-order chi connectivity index (χ0) is 18.9. The van der Waals surface area contributed by atoms with Crippen LogP contribution in [0.2, 0.25) is 5.02 Å². The van der Waals surface area contributed by atoms with Crippen molar-refractivity contribution in [1.82, 2.24) is 24.8 Å². The zero-order valence-corrected chi connectivity index (χ0v) is 15.4. The average molecular weight is 388 g/mol. The molecule has 5 aromatic rings. The Labute approximate surface area is 165 Å². The van der Waals surface area contributed by atoms with Crippen molar-refractivity contribution in [3.05, 3.63) is 83.8 Å². The fraction of sp³-hybridized carbons (Fsp3) is 0.0476. The Morgan fingerprint density at radius 3 is 2.71 bits per heavy atom. The van der Waals surface area contributed by atoms with Crippen molar-refractivity contribution in [2.24, 2.45) is 0 Å². The van der Waals surface area contributed by atoms with Crippen molar-refractivity contribution >= 4 is 28.2 Å². The van der Waals surface area contributed by atoms with Crippen LogP contribution in [0.1, 0.15) is 5.82 Å². The summed E-state index contributed by atoms with van der Waals surface area (Å²) in [6.07, 6.45) is 1.70. The number of pyridine rings is 1. The maximum atomic E-state index is 6.05. The van der Waals surface area contributed by atoms with Crippen LogP contribution in [0.25, 0.3) is 27.8 Å². The van der Waals surface area contributed by atoms with Crippen LogP contribution in [0.15, 0.2) is 72.9 Å². The van der Waals surface area contributed by atoms with Gasteiger partial charge in [-0.2, -0.15) is 9.61 Å². The Morgan fingerprint density at radius 2 is 1.82 bits per heavy atom. The van der Waals surface area contributed by atoms with Gasteiger partial charge in [-0.05, 0) is 36.4 Å². The van der Waals surface area contributed by atoms with E-state index in [1.165, 1.54) is 0 Å². The molecule has 0 bridgehead atoms. The first-order valence-corrected chi connectivity index (χ1v) is 9.09. The maximum absolute atomic E-state index is 6.05. The molecule has 0 spiro atoms. The topological polar surface area (TPSA) is 65.2 Å². The van der Waals surface area contributed by atoms with Gasteiger partial charge in [0.1, 0.15) is 12.4 Å². The predicted octanol–water partition coefficient (Wildman–Crippen LogP) is 4.57. The highest BCUT2D eigenvalue weighted by atomic mass is 35.5. The first kappa shape index (κ1) is 16.6. The van der Waals surface area contributed by atoms with Crippen molar-refractivity contribution < 1.29 is 4.74 Å². The van der Waals surface area contributed by atoms with Crippen LogP contribution < -0.4 is 4.74 Å². The van der Waals surface area contributed by atoms with E-state index < -0.39 is 0 Å². The summed E-state index contributed by atoms with van der Waals surface area (Å²) in [5.41, 5.74) is 3.32. The summed E-state index contributed by atoms with van der Waals surface area (Å²) in [4.78, 5) is 4.33. The molecular formula is C21H14ClN5O. The fourth-order valence-corrected chi connectivity index (χ4v) is 3.22. The maximum Gasteiger partial charge on any atom is 0.192 e. The van der Waals surface area contributed by atoms with Gasteiger partial charge in [0.25, 0.3) is 0 Å². The van der Waals surface area contributed by atoms with E-state index in [1.807, 2.05) is 66.7 Å². The molecule has 0 saturated carbocycles. The lowest BCUT2D eigenvalue weighted by Crippen LogP contribution is -2.05. The minimum Gasteiger partial charge on any atom is -0.485 e. The van der Waals surface area contributed by atoms with Crippen LogP contribution in [0.5, 0.6) is 5.75 Å². The van der Waals surface area contributed by atoms with Crippen molar-refractivity contribution in [2.75, 3.05) is 0 Å². The Morgan fingerprint density at radius 1 is 0.929 bits per heavy atom. The van der Waals surface area contributed by atoms with E-state index in [4.69, 9.17) is 16.3 Å². The van der Waals surface area contributed by atoms with Crippen molar-refractivity contribution in [2.45, 2.75) is 6.61 Å². The lowest BCUT2D eigenvalue weighted by atomic mass is 10.1. The monoisotopic (exact) mass is 387 g/mol. The zero-order valence-electron chi connectivity index (χ0n) is 14.7. The molecule has 5 rings (SSSR count). The molecule has 0 aliphatic carbocycles. The van der Waals surface area contributed by atoms with Gasteiger partial charge in [-0.15, -0.1) is 10.2 Å². The Balaban J connectivity index is 1.47. The molecule has 0 radical (unpaired) electrons. The smallest absolute Gasteiger partial charge is 0.192 e. The molecular weight excluding hydrogens is 374 g/mol. The first-order chi connectivity index (χ1) is 13.8. The fourth-order valence-electron chi connectivity index (χ4n) is 3.05. The molecule has 0 unspecified atom stereocenters. The number of aromatic nitrogens is 5. The Bertz CT molecular complexity index is 1290. The summed E-state index contributed by atoms with van der Waals surface area (Å²) < 4.78 is 7.72. The van der Waals surface area contributed by atoms with E-state index in [1.54, 1.807) is 10.7 Å². The molecule has 0 saturated heterocycles. The SMILES string of the molecule is Clc1ccc2c(OCc3nnc4ccc(-c5ccccc5)nn34)ccnc2c1. The molecule has 2 aromatic carbocycles. The highest BCUT2D eigenvalue weighted by molar-refractivity contribution is 6.31. The van der Waals surface area contributed by atoms with Gasteiger partial charge in [-0.3, -0.25) is 4.98 Å². The number of ether oxygens (including phenoxy) is 1. The van der Waals surface area contributed by atoms with Gasteiger partial charge in [0.2, 0.25) is 0 Å². The van der Waals surface area contributed by atoms with Gasteiger partial charge in [0.15, 0.2) is 11.5 Å². The molecule has 0 amide bonds. The van der Waals surface area contributed by atoms with E-state index in [2.05, 4.69) is 20.3 Å². The van der Waals surface area contributed by atoms with Crippen LogP contribution in [-0.4, -0.2) is 24.8 Å². The minimum absolute atomic E-state index is 0.230. The van der Waals surface area contributed by atoms with Crippen molar-refractivity contribution in [3.63, 3.8) is 0 Å². The standard InChI is InChI=1S/C21H14ClN5O/c22-15-6-7-16-18(12-15)23-11-10-19(16)28-13-21-25-24-20-9-8-17(26-27(20)21)14-4-2-1-3-5-14/h1-12H,13H2. The Kier molecular flexibility index (Phi) is 4.10. The summed E-state index contributed by atoms with van der Waals surface area (Å²) in [7, 11) is 0. The third-order valence-electron chi connectivity index (χ3n) is 4.42. The highest BCUT2D eigenvalue weighted by Crippen LogP contribution is 2.27. The third-order valence-corrected chi connectivity index (χ3v) is 4.65. The molecule has 0 aliphatic rings. The van der Waals surface area contributed by atoms with Crippen LogP contribution in [-0.2, 0) is 6.61 Å². The largest absolute Gasteiger partial charge is 0.485 e. The first-order valence-electron chi connectivity index (χ1n) is 8.72. The molecule has 0 N–H and O–H groups in total. The van der Waals surface area contributed by atoms with Crippen LogP contribution in [0.4, 0.5) is 0 Å². The lowest BCUT2D eigenvalue weighted by molar-refractivity contribution is 0.296. The molecule has 7 heteroatoms. The number of fused-ring (bicyclic) bond motifs is 2. The van der Waals surface area contributed by atoms with Crippen LogP contribution >= 0.6 is 11.6 Å². The van der Waals surface area contributed by atoms with E-state index in [0.29, 0.717) is 22.2 Å². The molecule has 0 aliphatic heterocycles. The van der Waals surface area contributed by atoms with Crippen molar-refractivity contribution in [1.29, 1.82) is 0 Å². The van der Waals surface area contributed by atoms with Gasteiger partial charge < -0.3 is 4.74 Å². The van der Waals surface area contributed by atoms with E-state index >= 15 is 0 Å². The van der Waals surface area contributed by atoms with Gasteiger partial charge >= 0.3 is 0 Å². The summed E-state index contributed by atoms with van der Waals surface area (Å²) >= 11 is 6.05. The van der Waals surface area contributed by atoms with E-state index in [-0.39, 0.29) is 6.61 Å². The summed E-state index contributed by atoms with van der Waals surface area (Å²) in [5, 5.41) is 14.6. The summed E-state index contributed by atoms with van der Waals surface area (Å²) in [5.74, 6) is 1.32. The molecule has 3 heterocycles. The normalized spacial score (nSPS) is 11.2. The number of hydrogen-bond donors (Lipinski definition) is 0. The molecule has 136 valence electrons. The molecule has 0 atom stereocenters. The van der Waals surface area contributed by atoms with Gasteiger partial charge in [-0.25, -0.2) is 0 Å². The quantitative estimate of drug-likeness (QED) is 0.452. The molecule has 6 nitrogen and oxygen atoms in total. The Hall–Kier alpha value is -3.51. The van der Waals surface area contributed by atoms with Crippen LogP contribution in [0.3, 0.4) is 0 Å². The average Bonchev–Trinajstić information content (AvgIpc) is 3.15. The number of rotatable bonds is 4. The number of halogens is 1. The van der Waals surface area contributed by atoms with Gasteiger partial charge in [-0.1, -0.05) is 41.9 Å². The molecule has 3 aromatic heterocycles.